The molecule has 0 unspecified atom stereocenters. The number of ether oxygens (including phenoxy) is 1. The minimum Gasteiger partial charge on any atom is -0.494 e. The lowest BCUT2D eigenvalue weighted by Gasteiger charge is -2.08. The van der Waals surface area contributed by atoms with Crippen LogP contribution in [-0.2, 0) is 0 Å². The summed E-state index contributed by atoms with van der Waals surface area (Å²) >= 11 is 0. The van der Waals surface area contributed by atoms with Gasteiger partial charge in [0.05, 0.1) is 6.61 Å². The molecule has 0 fully saturated rings. The molecule has 2 aromatic rings. The topological polar surface area (TPSA) is 35.2 Å². The van der Waals surface area contributed by atoms with Crippen LogP contribution in [0.4, 0.5) is 10.1 Å². The van der Waals surface area contributed by atoms with Crippen LogP contribution in [0.25, 0.3) is 11.1 Å². The SMILES string of the molecule is CCOc1cccc(-c2cc(F)ccc2N)c1. The number of halogens is 1. The predicted molar refractivity (Wildman–Crippen MR) is 67.4 cm³/mol. The second-order valence-corrected chi connectivity index (χ2v) is 3.69. The molecule has 0 spiro atoms. The molecule has 0 aliphatic heterocycles. The first-order valence-electron chi connectivity index (χ1n) is 5.49. The highest BCUT2D eigenvalue weighted by Gasteiger charge is 2.05. The standard InChI is InChI=1S/C14H14FNO/c1-2-17-12-5-3-4-10(8-12)13-9-11(15)6-7-14(13)16/h3-9H,2,16H2,1H3. The number of hydrogen-bond donors (Lipinski definition) is 1. The van der Waals surface area contributed by atoms with Crippen LogP contribution in [0.15, 0.2) is 42.5 Å². The normalized spacial score (nSPS) is 10.2. The van der Waals surface area contributed by atoms with E-state index in [1.165, 1.54) is 12.1 Å². The quantitative estimate of drug-likeness (QED) is 0.821. The summed E-state index contributed by atoms with van der Waals surface area (Å²) in [5, 5.41) is 0. The Bertz CT molecular complexity index is 525. The van der Waals surface area contributed by atoms with Gasteiger partial charge in [-0.15, -0.1) is 0 Å². The number of nitrogen functional groups attached to an aromatic ring is 1. The van der Waals surface area contributed by atoms with E-state index in [1.807, 2.05) is 31.2 Å². The summed E-state index contributed by atoms with van der Waals surface area (Å²) in [5.41, 5.74) is 7.93. The van der Waals surface area contributed by atoms with Gasteiger partial charge in [-0.1, -0.05) is 12.1 Å². The van der Waals surface area contributed by atoms with Gasteiger partial charge in [-0.05, 0) is 42.8 Å². The van der Waals surface area contributed by atoms with Crippen LogP contribution in [0.1, 0.15) is 6.92 Å². The average molecular weight is 231 g/mol. The maximum absolute atomic E-state index is 13.2. The summed E-state index contributed by atoms with van der Waals surface area (Å²) in [7, 11) is 0. The molecule has 0 saturated heterocycles. The largest absolute Gasteiger partial charge is 0.494 e. The third-order valence-electron chi connectivity index (χ3n) is 2.47. The maximum atomic E-state index is 13.2. The van der Waals surface area contributed by atoms with Crippen LogP contribution < -0.4 is 10.5 Å². The second-order valence-electron chi connectivity index (χ2n) is 3.69. The van der Waals surface area contributed by atoms with Crippen molar-refractivity contribution in [3.63, 3.8) is 0 Å². The molecule has 88 valence electrons. The summed E-state index contributed by atoms with van der Waals surface area (Å²) < 4.78 is 18.6. The molecule has 2 rings (SSSR count). The molecule has 0 aliphatic rings. The lowest BCUT2D eigenvalue weighted by Crippen LogP contribution is -1.93. The fourth-order valence-corrected chi connectivity index (χ4v) is 1.70. The first kappa shape index (κ1) is 11.5. The molecule has 17 heavy (non-hydrogen) atoms. The van der Waals surface area contributed by atoms with Gasteiger partial charge in [-0.2, -0.15) is 0 Å². The third kappa shape index (κ3) is 2.56. The van der Waals surface area contributed by atoms with E-state index in [2.05, 4.69) is 0 Å². The van der Waals surface area contributed by atoms with E-state index in [-0.39, 0.29) is 5.82 Å². The van der Waals surface area contributed by atoms with Gasteiger partial charge < -0.3 is 10.5 Å². The Labute approximate surface area is 99.8 Å². The minimum absolute atomic E-state index is 0.295. The summed E-state index contributed by atoms with van der Waals surface area (Å²) in [5.74, 6) is 0.463. The molecule has 0 amide bonds. The fraction of sp³-hybridized carbons (Fsp3) is 0.143. The van der Waals surface area contributed by atoms with Gasteiger partial charge in [0.1, 0.15) is 11.6 Å². The smallest absolute Gasteiger partial charge is 0.123 e. The molecule has 0 radical (unpaired) electrons. The van der Waals surface area contributed by atoms with E-state index >= 15 is 0 Å². The zero-order valence-corrected chi connectivity index (χ0v) is 9.61. The van der Waals surface area contributed by atoms with Crippen molar-refractivity contribution in [3.05, 3.63) is 48.3 Å². The third-order valence-corrected chi connectivity index (χ3v) is 2.47. The van der Waals surface area contributed by atoms with Crippen LogP contribution in [0.5, 0.6) is 5.75 Å². The molecule has 2 N–H and O–H groups in total. The van der Waals surface area contributed by atoms with Gasteiger partial charge in [0.25, 0.3) is 0 Å². The van der Waals surface area contributed by atoms with Crippen LogP contribution in [-0.4, -0.2) is 6.61 Å². The van der Waals surface area contributed by atoms with Gasteiger partial charge >= 0.3 is 0 Å². The monoisotopic (exact) mass is 231 g/mol. The van der Waals surface area contributed by atoms with E-state index in [1.54, 1.807) is 6.07 Å². The number of rotatable bonds is 3. The molecular weight excluding hydrogens is 217 g/mol. The van der Waals surface area contributed by atoms with Crippen molar-refractivity contribution in [3.8, 4) is 16.9 Å². The highest BCUT2D eigenvalue weighted by atomic mass is 19.1. The number of hydrogen-bond acceptors (Lipinski definition) is 2. The van der Waals surface area contributed by atoms with Gasteiger partial charge in [0.15, 0.2) is 0 Å². The van der Waals surface area contributed by atoms with Crippen LogP contribution in [0, 0.1) is 5.82 Å². The van der Waals surface area contributed by atoms with E-state index < -0.39 is 0 Å². The maximum Gasteiger partial charge on any atom is 0.123 e. The van der Waals surface area contributed by atoms with Crippen LogP contribution in [0.3, 0.4) is 0 Å². The first-order valence-corrected chi connectivity index (χ1v) is 5.49. The Morgan fingerprint density at radius 2 is 2.00 bits per heavy atom. The average Bonchev–Trinajstić information content (AvgIpc) is 2.33. The van der Waals surface area contributed by atoms with Crippen molar-refractivity contribution >= 4 is 5.69 Å². The molecule has 2 nitrogen and oxygen atoms in total. The lowest BCUT2D eigenvalue weighted by molar-refractivity contribution is 0.340. The van der Waals surface area contributed by atoms with E-state index in [4.69, 9.17) is 10.5 Å². The highest BCUT2D eigenvalue weighted by Crippen LogP contribution is 2.29. The van der Waals surface area contributed by atoms with Gasteiger partial charge in [0, 0.05) is 11.3 Å². The summed E-state index contributed by atoms with van der Waals surface area (Å²) in [6.07, 6.45) is 0. The second kappa shape index (κ2) is 4.87. The van der Waals surface area contributed by atoms with Crippen molar-refractivity contribution in [2.24, 2.45) is 0 Å². The lowest BCUT2D eigenvalue weighted by atomic mass is 10.0. The Balaban J connectivity index is 2.45. The van der Waals surface area contributed by atoms with E-state index in [0.717, 1.165) is 11.3 Å². The molecule has 0 aromatic heterocycles. The highest BCUT2D eigenvalue weighted by molar-refractivity contribution is 5.76. The summed E-state index contributed by atoms with van der Waals surface area (Å²) in [4.78, 5) is 0. The Morgan fingerprint density at radius 3 is 2.76 bits per heavy atom. The van der Waals surface area contributed by atoms with Crippen molar-refractivity contribution in [1.29, 1.82) is 0 Å². The summed E-state index contributed by atoms with van der Waals surface area (Å²) in [6.45, 7) is 2.52. The van der Waals surface area contributed by atoms with Crippen molar-refractivity contribution < 1.29 is 9.13 Å². The molecule has 0 atom stereocenters. The predicted octanol–water partition coefficient (Wildman–Crippen LogP) is 3.47. The number of nitrogens with two attached hydrogens (primary N) is 1. The molecule has 3 heteroatoms. The Morgan fingerprint density at radius 1 is 1.18 bits per heavy atom. The van der Waals surface area contributed by atoms with E-state index in [0.29, 0.717) is 17.9 Å². The zero-order valence-electron chi connectivity index (χ0n) is 9.61. The van der Waals surface area contributed by atoms with Crippen LogP contribution >= 0.6 is 0 Å². The van der Waals surface area contributed by atoms with E-state index in [9.17, 15) is 4.39 Å². The zero-order chi connectivity index (χ0) is 12.3. The Hall–Kier alpha value is -2.03. The molecule has 0 heterocycles. The van der Waals surface area contributed by atoms with Gasteiger partial charge in [-0.25, -0.2) is 4.39 Å². The van der Waals surface area contributed by atoms with Crippen molar-refractivity contribution in [2.45, 2.75) is 6.92 Å². The fourth-order valence-electron chi connectivity index (χ4n) is 1.70. The van der Waals surface area contributed by atoms with Gasteiger partial charge in [0.2, 0.25) is 0 Å². The molecule has 0 saturated carbocycles. The van der Waals surface area contributed by atoms with Crippen LogP contribution in [0.2, 0.25) is 0 Å². The number of benzene rings is 2. The molecule has 0 aliphatic carbocycles. The van der Waals surface area contributed by atoms with Crippen molar-refractivity contribution in [2.75, 3.05) is 12.3 Å². The number of anilines is 1. The first-order chi connectivity index (χ1) is 8.20. The van der Waals surface area contributed by atoms with Gasteiger partial charge in [-0.3, -0.25) is 0 Å². The molecule has 0 bridgehead atoms. The molecule has 2 aromatic carbocycles. The minimum atomic E-state index is -0.295. The Kier molecular flexibility index (Phi) is 3.28. The summed E-state index contributed by atoms with van der Waals surface area (Å²) in [6, 6.07) is 11.8. The molecular formula is C14H14FNO. The van der Waals surface area contributed by atoms with Crippen molar-refractivity contribution in [1.82, 2.24) is 0 Å².